The Morgan fingerprint density at radius 1 is 0.375 bits per heavy atom. The van der Waals surface area contributed by atoms with E-state index >= 15 is 0 Å². The van der Waals surface area contributed by atoms with Crippen LogP contribution in [0.3, 0.4) is 0 Å². The molecule has 7 aromatic carbocycles. The molecule has 0 amide bonds. The van der Waals surface area contributed by atoms with E-state index in [1.54, 1.807) is 0 Å². The highest BCUT2D eigenvalue weighted by Crippen LogP contribution is 2.47. The maximum absolute atomic E-state index is 7.10. The molecule has 0 spiro atoms. The van der Waals surface area contributed by atoms with E-state index in [1.807, 2.05) is 0 Å². The van der Waals surface area contributed by atoms with Gasteiger partial charge in [-0.25, -0.2) is 0 Å². The van der Waals surface area contributed by atoms with Crippen LogP contribution >= 0.6 is 0 Å². The van der Waals surface area contributed by atoms with Gasteiger partial charge in [0, 0.05) is 16.6 Å². The van der Waals surface area contributed by atoms with Crippen LogP contribution < -0.4 is 25.9 Å². The minimum absolute atomic E-state index is 0.0641. The van der Waals surface area contributed by atoms with Crippen molar-refractivity contribution in [1.29, 1.82) is 0 Å². The first-order chi connectivity index (χ1) is 23.5. The van der Waals surface area contributed by atoms with Crippen molar-refractivity contribution in [3.8, 4) is 67.5 Å². The first-order valence-corrected chi connectivity index (χ1v) is 16.6. The molecule has 0 saturated heterocycles. The molecule has 0 bridgehead atoms. The highest BCUT2D eigenvalue weighted by Gasteiger charge is 2.43. The van der Waals surface area contributed by atoms with E-state index in [1.165, 1.54) is 27.8 Å². The Labute approximate surface area is 282 Å². The number of hydrogen-bond acceptors (Lipinski definition) is 2. The normalized spacial score (nSPS) is 12.4. The summed E-state index contributed by atoms with van der Waals surface area (Å²) >= 11 is 0. The van der Waals surface area contributed by atoms with E-state index in [0.29, 0.717) is 0 Å². The Morgan fingerprint density at radius 2 is 0.833 bits per heavy atom. The lowest BCUT2D eigenvalue weighted by atomic mass is 9.34. The third-order valence-electron chi connectivity index (χ3n) is 10.1. The molecule has 7 aromatic rings. The summed E-state index contributed by atoms with van der Waals surface area (Å²) in [5, 5.41) is 0. The topological polar surface area (TPSA) is 18.5 Å². The highest BCUT2D eigenvalue weighted by atomic mass is 16.5. The molecule has 0 radical (unpaired) electrons. The van der Waals surface area contributed by atoms with Crippen LogP contribution in [0.25, 0.3) is 44.5 Å². The monoisotopic (exact) mass is 616 g/mol. The van der Waals surface area contributed by atoms with Gasteiger partial charge >= 0.3 is 0 Å². The van der Waals surface area contributed by atoms with E-state index in [4.69, 9.17) is 9.47 Å². The SMILES string of the molecule is Cc1ccccc1-c1ccc2c(c1)Oc1c(-c3ccccc3)cc(-c3ccccc3C)c3c1B2c1ccc(-c2ccccc2C)cc1O3. The van der Waals surface area contributed by atoms with Crippen LogP contribution in [0.2, 0.25) is 0 Å². The summed E-state index contributed by atoms with van der Waals surface area (Å²) in [6.45, 7) is 6.44. The Balaban J connectivity index is 1.34. The van der Waals surface area contributed by atoms with Crippen LogP contribution in [0.1, 0.15) is 16.7 Å². The minimum atomic E-state index is -0.0641. The van der Waals surface area contributed by atoms with Crippen LogP contribution in [-0.2, 0) is 0 Å². The largest absolute Gasteiger partial charge is 0.458 e. The second kappa shape index (κ2) is 11.2. The Kier molecular flexibility index (Phi) is 6.62. The molecule has 0 aromatic heterocycles. The molecule has 9 rings (SSSR count). The molecule has 0 aliphatic carbocycles. The Morgan fingerprint density at radius 3 is 1.35 bits per heavy atom. The molecule has 228 valence electrons. The van der Waals surface area contributed by atoms with Crippen molar-refractivity contribution in [1.82, 2.24) is 0 Å². The third kappa shape index (κ3) is 4.50. The zero-order chi connectivity index (χ0) is 32.4. The maximum Gasteiger partial charge on any atom is 0.260 e. The van der Waals surface area contributed by atoms with Crippen molar-refractivity contribution in [3.05, 3.63) is 162 Å². The summed E-state index contributed by atoms with van der Waals surface area (Å²) in [6.07, 6.45) is 0. The molecule has 2 aliphatic rings. The van der Waals surface area contributed by atoms with Gasteiger partial charge in [0.25, 0.3) is 6.71 Å². The predicted octanol–water partition coefficient (Wildman–Crippen LogP) is 10.0. The van der Waals surface area contributed by atoms with Crippen LogP contribution in [0.5, 0.6) is 23.0 Å². The number of rotatable bonds is 4. The summed E-state index contributed by atoms with van der Waals surface area (Å²) in [5.74, 6) is 3.50. The molecular weight excluding hydrogens is 583 g/mol. The highest BCUT2D eigenvalue weighted by molar-refractivity contribution is 6.98. The van der Waals surface area contributed by atoms with Gasteiger partial charge in [-0.1, -0.05) is 127 Å². The lowest BCUT2D eigenvalue weighted by Crippen LogP contribution is -2.57. The molecule has 0 unspecified atom stereocenters. The van der Waals surface area contributed by atoms with E-state index in [2.05, 4.69) is 166 Å². The van der Waals surface area contributed by atoms with Crippen molar-refractivity contribution in [3.63, 3.8) is 0 Å². The fourth-order valence-corrected chi connectivity index (χ4v) is 7.61. The quantitative estimate of drug-likeness (QED) is 0.183. The molecule has 0 N–H and O–H groups in total. The van der Waals surface area contributed by atoms with Gasteiger partial charge in [-0.15, -0.1) is 0 Å². The van der Waals surface area contributed by atoms with Crippen molar-refractivity contribution >= 4 is 23.1 Å². The summed E-state index contributed by atoms with van der Waals surface area (Å²) in [5.41, 5.74) is 16.2. The minimum Gasteiger partial charge on any atom is -0.458 e. The molecule has 0 saturated carbocycles. The van der Waals surface area contributed by atoms with Gasteiger partial charge < -0.3 is 9.47 Å². The number of fused-ring (bicyclic) bond motifs is 4. The lowest BCUT2D eigenvalue weighted by Gasteiger charge is -2.36. The fourth-order valence-electron chi connectivity index (χ4n) is 7.61. The van der Waals surface area contributed by atoms with Gasteiger partial charge in [0.2, 0.25) is 0 Å². The van der Waals surface area contributed by atoms with Gasteiger partial charge in [0.05, 0.1) is 0 Å². The number of hydrogen-bond donors (Lipinski definition) is 0. The van der Waals surface area contributed by atoms with Crippen molar-refractivity contribution in [2.75, 3.05) is 0 Å². The smallest absolute Gasteiger partial charge is 0.260 e. The second-order valence-corrected chi connectivity index (χ2v) is 13.0. The molecule has 0 fully saturated rings. The summed E-state index contributed by atoms with van der Waals surface area (Å²) < 4.78 is 14.2. The van der Waals surface area contributed by atoms with Crippen molar-refractivity contribution < 1.29 is 9.47 Å². The molecule has 2 aliphatic heterocycles. The van der Waals surface area contributed by atoms with Gasteiger partial charge in [-0.05, 0) is 100.0 Å². The Bertz CT molecular complexity index is 2380. The fraction of sp³-hybridized carbons (Fsp3) is 0.0667. The van der Waals surface area contributed by atoms with Crippen LogP contribution in [0, 0.1) is 20.8 Å². The molecule has 3 heteroatoms. The predicted molar refractivity (Wildman–Crippen MR) is 200 cm³/mol. The zero-order valence-electron chi connectivity index (χ0n) is 27.3. The van der Waals surface area contributed by atoms with Crippen molar-refractivity contribution in [2.45, 2.75) is 20.8 Å². The number of aryl methyl sites for hydroxylation is 3. The van der Waals surface area contributed by atoms with E-state index in [-0.39, 0.29) is 6.71 Å². The van der Waals surface area contributed by atoms with Gasteiger partial charge in [0.1, 0.15) is 23.0 Å². The molecule has 2 heterocycles. The van der Waals surface area contributed by atoms with Crippen molar-refractivity contribution in [2.24, 2.45) is 0 Å². The first kappa shape index (κ1) is 28.4. The number of benzene rings is 7. The van der Waals surface area contributed by atoms with Crippen LogP contribution in [0.15, 0.2) is 146 Å². The second-order valence-electron chi connectivity index (χ2n) is 13.0. The molecule has 48 heavy (non-hydrogen) atoms. The average Bonchev–Trinajstić information content (AvgIpc) is 3.12. The molecule has 2 nitrogen and oxygen atoms in total. The van der Waals surface area contributed by atoms with E-state index in [9.17, 15) is 0 Å². The van der Waals surface area contributed by atoms with Gasteiger partial charge in [-0.3, -0.25) is 0 Å². The standard InChI is InChI=1S/C45H33BO2/c1-28-13-7-10-18-34(28)32-21-23-39-41(25-32)47-44-37(31-16-5-4-6-17-31)27-38(36-20-12-9-15-30(36)3)45-43(44)46(39)40-24-22-33(26-42(40)48-45)35-19-11-8-14-29(35)2/h4-27H,1-3H3. The summed E-state index contributed by atoms with van der Waals surface area (Å²) in [7, 11) is 0. The first-order valence-electron chi connectivity index (χ1n) is 16.6. The average molecular weight is 617 g/mol. The zero-order valence-corrected chi connectivity index (χ0v) is 27.3. The van der Waals surface area contributed by atoms with Gasteiger partial charge in [0.15, 0.2) is 0 Å². The summed E-state index contributed by atoms with van der Waals surface area (Å²) in [6, 6.07) is 52.0. The lowest BCUT2D eigenvalue weighted by molar-refractivity contribution is 0.467. The van der Waals surface area contributed by atoms with E-state index in [0.717, 1.165) is 72.8 Å². The summed E-state index contributed by atoms with van der Waals surface area (Å²) in [4.78, 5) is 0. The molecular formula is C45H33BO2. The van der Waals surface area contributed by atoms with Gasteiger partial charge in [-0.2, -0.15) is 0 Å². The Hall–Kier alpha value is -5.80. The van der Waals surface area contributed by atoms with Crippen LogP contribution in [0.4, 0.5) is 0 Å². The van der Waals surface area contributed by atoms with E-state index < -0.39 is 0 Å². The molecule has 0 atom stereocenters. The maximum atomic E-state index is 7.10. The number of ether oxygens (including phenoxy) is 2. The third-order valence-corrected chi connectivity index (χ3v) is 10.1. The van der Waals surface area contributed by atoms with Crippen LogP contribution in [-0.4, -0.2) is 6.71 Å².